The number of aliphatic hydroxyl groups is 2. The Kier molecular flexibility index (Phi) is 6.78. The molecule has 14 heteroatoms. The lowest BCUT2D eigenvalue weighted by molar-refractivity contribution is -0.114. The third-order valence-electron chi connectivity index (χ3n) is 5.16. The maximum atomic E-state index is 11.9. The maximum absolute atomic E-state index is 11.9. The molecule has 1 aromatic carbocycles. The molecule has 4 atom stereocenters. The van der Waals surface area contributed by atoms with Crippen LogP contribution in [-0.2, 0) is 19.7 Å². The van der Waals surface area contributed by atoms with Gasteiger partial charge in [0.25, 0.3) is 5.91 Å². The zero-order chi connectivity index (χ0) is 25.2. The molecule has 182 valence electrons. The summed E-state index contributed by atoms with van der Waals surface area (Å²) in [5.41, 5.74) is 2.01. The van der Waals surface area contributed by atoms with Crippen molar-refractivity contribution in [3.63, 3.8) is 0 Å². The van der Waals surface area contributed by atoms with Crippen LogP contribution in [0.3, 0.4) is 0 Å². The smallest absolute Gasteiger partial charge is 0.301 e. The number of benzene rings is 1. The highest BCUT2D eigenvalue weighted by Gasteiger charge is 2.44. The van der Waals surface area contributed by atoms with Crippen LogP contribution in [0.2, 0.25) is 0 Å². The van der Waals surface area contributed by atoms with E-state index in [0.717, 1.165) is 6.08 Å². The van der Waals surface area contributed by atoms with Gasteiger partial charge in [-0.2, -0.15) is 13.1 Å². The van der Waals surface area contributed by atoms with Crippen LogP contribution in [0.1, 0.15) is 11.8 Å². The molecular weight excluding hydrogens is 478 g/mol. The summed E-state index contributed by atoms with van der Waals surface area (Å²) in [7, 11) is -4.22. The van der Waals surface area contributed by atoms with E-state index >= 15 is 0 Å². The molecule has 5 N–H and O–H groups in total. The van der Waals surface area contributed by atoms with Crippen molar-refractivity contribution in [1.82, 2.24) is 29.0 Å². The molecule has 13 nitrogen and oxygen atoms in total. The average molecular weight is 500 g/mol. The Balaban J connectivity index is 1.53. The van der Waals surface area contributed by atoms with Crippen molar-refractivity contribution >= 4 is 38.8 Å². The van der Waals surface area contributed by atoms with E-state index in [-0.39, 0.29) is 0 Å². The van der Waals surface area contributed by atoms with Crippen molar-refractivity contribution in [2.45, 2.75) is 24.5 Å². The predicted octanol–water partition coefficient (Wildman–Crippen LogP) is -0.693. The first-order valence-electron chi connectivity index (χ1n) is 10.2. The standard InChI is InChI=1S/C21H21N7O6S/c1-3-12-6-5-7-13(8-12)26-19-16-20(23-10-22-19)28(11-24-16)21-18(31)17(30)14(34-21)9-25-35(32,33)27-15(29)4-2/h1,4-8,10-11,14,17-18,21,25,30-31H,2,9H2,(H,27,29)(H,22,23,26). The molecule has 4 unspecified atom stereocenters. The molecule has 0 bridgehead atoms. The number of carbonyl (C=O) groups is 1. The SMILES string of the molecule is C#Cc1cccc(Nc2ncnc3c2ncn3C2OC(CNS(=O)(=O)NC(=O)C=C)C(O)C2O)c1. The Morgan fingerprint density at radius 2 is 2.09 bits per heavy atom. The summed E-state index contributed by atoms with van der Waals surface area (Å²) in [6, 6.07) is 7.13. The van der Waals surface area contributed by atoms with Gasteiger partial charge in [-0.1, -0.05) is 18.6 Å². The van der Waals surface area contributed by atoms with Gasteiger partial charge in [-0.15, -0.1) is 6.42 Å². The van der Waals surface area contributed by atoms with E-state index in [2.05, 4.69) is 37.5 Å². The first kappa shape index (κ1) is 24.3. The van der Waals surface area contributed by atoms with Gasteiger partial charge in [0, 0.05) is 17.8 Å². The van der Waals surface area contributed by atoms with E-state index in [1.807, 2.05) is 0 Å². The third kappa shape index (κ3) is 5.14. The number of aliphatic hydroxyl groups excluding tert-OH is 2. The molecule has 4 rings (SSSR count). The fraction of sp³-hybridized carbons (Fsp3) is 0.238. The summed E-state index contributed by atoms with van der Waals surface area (Å²) in [4.78, 5) is 24.0. The number of aromatic nitrogens is 4. The number of carbonyl (C=O) groups excluding carboxylic acids is 1. The van der Waals surface area contributed by atoms with Crippen LogP contribution in [-0.4, -0.2) is 68.9 Å². The van der Waals surface area contributed by atoms with Crippen LogP contribution in [0.4, 0.5) is 11.5 Å². The first-order valence-corrected chi connectivity index (χ1v) is 11.7. The fourth-order valence-corrected chi connectivity index (χ4v) is 4.29. The number of rotatable bonds is 8. The van der Waals surface area contributed by atoms with E-state index in [0.29, 0.717) is 28.2 Å². The Labute approximate surface area is 200 Å². The van der Waals surface area contributed by atoms with E-state index in [1.54, 1.807) is 29.0 Å². The van der Waals surface area contributed by atoms with Crippen LogP contribution in [0.25, 0.3) is 11.2 Å². The van der Waals surface area contributed by atoms with Crippen molar-refractivity contribution in [3.05, 3.63) is 55.1 Å². The molecule has 3 aromatic rings. The highest BCUT2D eigenvalue weighted by atomic mass is 32.2. The van der Waals surface area contributed by atoms with Gasteiger partial charge in [0.15, 0.2) is 23.2 Å². The minimum atomic E-state index is -4.22. The Morgan fingerprint density at radius 1 is 1.29 bits per heavy atom. The molecule has 35 heavy (non-hydrogen) atoms. The Morgan fingerprint density at radius 3 is 2.83 bits per heavy atom. The Hall–Kier alpha value is -3.87. The summed E-state index contributed by atoms with van der Waals surface area (Å²) < 4.78 is 34.7. The summed E-state index contributed by atoms with van der Waals surface area (Å²) in [5.74, 6) is 1.99. The molecule has 3 heterocycles. The predicted molar refractivity (Wildman–Crippen MR) is 124 cm³/mol. The van der Waals surface area contributed by atoms with Crippen LogP contribution < -0.4 is 14.8 Å². The topological polar surface area (TPSA) is 181 Å². The molecule has 1 fully saturated rings. The fourth-order valence-electron chi connectivity index (χ4n) is 3.48. The lowest BCUT2D eigenvalue weighted by atomic mass is 10.1. The van der Waals surface area contributed by atoms with E-state index < -0.39 is 47.2 Å². The van der Waals surface area contributed by atoms with Gasteiger partial charge in [0.2, 0.25) is 0 Å². The van der Waals surface area contributed by atoms with Crippen molar-refractivity contribution < 1.29 is 28.2 Å². The van der Waals surface area contributed by atoms with Crippen LogP contribution in [0, 0.1) is 12.3 Å². The zero-order valence-electron chi connectivity index (χ0n) is 18.1. The number of nitrogens with zero attached hydrogens (tertiary/aromatic N) is 4. The summed E-state index contributed by atoms with van der Waals surface area (Å²) in [6.45, 7) is 2.75. The highest BCUT2D eigenvalue weighted by molar-refractivity contribution is 7.88. The third-order valence-corrected chi connectivity index (χ3v) is 6.17. The number of anilines is 2. The van der Waals surface area contributed by atoms with Gasteiger partial charge >= 0.3 is 10.2 Å². The molecule has 0 spiro atoms. The molecular formula is C21H21N7O6S. The molecule has 1 aliphatic rings. The van der Waals surface area contributed by atoms with Gasteiger partial charge in [-0.25, -0.2) is 19.7 Å². The second-order valence-corrected chi connectivity index (χ2v) is 8.96. The number of fused-ring (bicyclic) bond motifs is 1. The van der Waals surface area contributed by atoms with Crippen molar-refractivity contribution in [2.75, 3.05) is 11.9 Å². The second-order valence-electron chi connectivity index (χ2n) is 7.47. The molecule has 1 amide bonds. The van der Waals surface area contributed by atoms with Crippen LogP contribution in [0.5, 0.6) is 0 Å². The number of imidazole rings is 1. The number of ether oxygens (including phenoxy) is 1. The number of nitrogens with one attached hydrogen (secondary N) is 3. The van der Waals surface area contributed by atoms with Crippen LogP contribution >= 0.6 is 0 Å². The van der Waals surface area contributed by atoms with Crippen molar-refractivity contribution in [2.24, 2.45) is 0 Å². The highest BCUT2D eigenvalue weighted by Crippen LogP contribution is 2.32. The normalized spacial score (nSPS) is 22.0. The van der Waals surface area contributed by atoms with Gasteiger partial charge in [0.1, 0.15) is 24.6 Å². The van der Waals surface area contributed by atoms with Crippen LogP contribution in [0.15, 0.2) is 49.6 Å². The number of hydrogen-bond donors (Lipinski definition) is 5. The van der Waals surface area contributed by atoms with Gasteiger partial charge < -0.3 is 20.3 Å². The van der Waals surface area contributed by atoms with Crippen molar-refractivity contribution in [3.8, 4) is 12.3 Å². The number of amides is 1. The lowest BCUT2D eigenvalue weighted by Crippen LogP contribution is -2.45. The molecule has 1 aliphatic heterocycles. The quantitative estimate of drug-likeness (QED) is 0.197. The molecule has 0 saturated carbocycles. The summed E-state index contributed by atoms with van der Waals surface area (Å²) in [6.07, 6.45) is 3.76. The summed E-state index contributed by atoms with van der Waals surface area (Å²) in [5, 5.41) is 24.1. The number of hydrogen-bond acceptors (Lipinski definition) is 10. The maximum Gasteiger partial charge on any atom is 0.301 e. The number of terminal acetylenes is 1. The van der Waals surface area contributed by atoms with Gasteiger partial charge in [-0.3, -0.25) is 9.36 Å². The van der Waals surface area contributed by atoms with Crippen molar-refractivity contribution in [1.29, 1.82) is 0 Å². The Bertz CT molecular complexity index is 1420. The van der Waals surface area contributed by atoms with Gasteiger partial charge in [0.05, 0.1) is 6.33 Å². The zero-order valence-corrected chi connectivity index (χ0v) is 18.9. The van der Waals surface area contributed by atoms with Gasteiger partial charge in [-0.05, 0) is 24.3 Å². The minimum Gasteiger partial charge on any atom is -0.387 e. The molecule has 2 aromatic heterocycles. The summed E-state index contributed by atoms with van der Waals surface area (Å²) >= 11 is 0. The monoisotopic (exact) mass is 499 g/mol. The van der Waals surface area contributed by atoms with E-state index in [1.165, 1.54) is 17.2 Å². The second kappa shape index (κ2) is 9.78. The molecule has 1 saturated heterocycles. The minimum absolute atomic E-state index is 0.298. The first-order chi connectivity index (χ1) is 16.7. The molecule has 0 aliphatic carbocycles. The molecule has 0 radical (unpaired) electrons. The van der Waals surface area contributed by atoms with E-state index in [9.17, 15) is 23.4 Å². The van der Waals surface area contributed by atoms with E-state index in [4.69, 9.17) is 11.2 Å². The lowest BCUT2D eigenvalue weighted by Gasteiger charge is -2.16. The largest absolute Gasteiger partial charge is 0.387 e. The average Bonchev–Trinajstić information content (AvgIpc) is 3.39.